The van der Waals surface area contributed by atoms with Crippen LogP contribution in [0.3, 0.4) is 0 Å². The van der Waals surface area contributed by atoms with Crippen molar-refractivity contribution in [1.29, 1.82) is 0 Å². The Hall–Kier alpha value is -0.500. The first-order valence-electron chi connectivity index (χ1n) is 13.4. The van der Waals surface area contributed by atoms with Crippen molar-refractivity contribution in [3.05, 3.63) is 12.3 Å². The van der Waals surface area contributed by atoms with Crippen molar-refractivity contribution in [2.24, 2.45) is 56.7 Å². The van der Waals surface area contributed by atoms with Crippen molar-refractivity contribution in [3.8, 4) is 0 Å². The molecule has 0 aromatic heterocycles. The van der Waals surface area contributed by atoms with Gasteiger partial charge in [0.25, 0.3) is 0 Å². The second-order valence-corrected chi connectivity index (χ2v) is 14.4. The van der Waals surface area contributed by atoms with Crippen molar-refractivity contribution in [3.63, 3.8) is 0 Å². The summed E-state index contributed by atoms with van der Waals surface area (Å²) in [5, 5.41) is 21.4. The van der Waals surface area contributed by atoms with Crippen LogP contribution in [0, 0.1) is 56.7 Å². The summed E-state index contributed by atoms with van der Waals surface area (Å²) in [6, 6.07) is 0. The molecule has 5 aliphatic rings. The first-order chi connectivity index (χ1) is 14.3. The number of aliphatic hydroxyl groups excluding tert-OH is 2. The predicted molar refractivity (Wildman–Crippen MR) is 128 cm³/mol. The molecule has 5 aliphatic carbocycles. The number of rotatable bonds is 1. The Morgan fingerprint density at radius 3 is 2.13 bits per heavy atom. The molecule has 5 rings (SSSR count). The van der Waals surface area contributed by atoms with Crippen LogP contribution in [0.2, 0.25) is 0 Å². The average Bonchev–Trinajstić information content (AvgIpc) is 3.04. The van der Waals surface area contributed by atoms with E-state index < -0.39 is 0 Å². The van der Waals surface area contributed by atoms with Crippen LogP contribution >= 0.6 is 0 Å². The summed E-state index contributed by atoms with van der Waals surface area (Å²) in [5.41, 5.74) is 1.49. The van der Waals surface area contributed by atoms with Gasteiger partial charge in [-0.3, -0.25) is 0 Å². The fourth-order valence-corrected chi connectivity index (χ4v) is 11.3. The third-order valence-corrected chi connectivity index (χ3v) is 13.3. The smallest absolute Gasteiger partial charge is 0.0884 e. The zero-order valence-corrected chi connectivity index (χ0v) is 21.1. The van der Waals surface area contributed by atoms with E-state index in [0.717, 1.165) is 18.8 Å². The molecule has 10 unspecified atom stereocenters. The monoisotopic (exact) mass is 428 g/mol. The van der Waals surface area contributed by atoms with E-state index >= 15 is 0 Å². The van der Waals surface area contributed by atoms with E-state index in [9.17, 15) is 10.2 Å². The average molecular weight is 429 g/mol. The van der Waals surface area contributed by atoms with Crippen LogP contribution in [0.4, 0.5) is 0 Å². The largest absolute Gasteiger partial charge is 0.513 e. The van der Waals surface area contributed by atoms with Crippen LogP contribution in [-0.4, -0.2) is 16.3 Å². The number of aliphatic hydroxyl groups is 2. The first-order valence-corrected chi connectivity index (χ1v) is 13.4. The lowest BCUT2D eigenvalue weighted by atomic mass is 9.32. The van der Waals surface area contributed by atoms with E-state index in [0.29, 0.717) is 51.1 Å². The van der Waals surface area contributed by atoms with Crippen LogP contribution in [0.1, 0.15) is 106 Å². The lowest BCUT2D eigenvalue weighted by molar-refractivity contribution is -0.246. The van der Waals surface area contributed by atoms with Crippen molar-refractivity contribution >= 4 is 0 Å². The maximum atomic E-state index is 10.9. The highest BCUT2D eigenvalue weighted by atomic mass is 16.3. The van der Waals surface area contributed by atoms with Gasteiger partial charge >= 0.3 is 0 Å². The molecule has 0 aliphatic heterocycles. The van der Waals surface area contributed by atoms with Gasteiger partial charge in [-0.15, -0.1) is 0 Å². The molecule has 0 bridgehead atoms. The molecular weight excluding hydrogens is 380 g/mol. The van der Waals surface area contributed by atoms with Crippen molar-refractivity contribution < 1.29 is 10.2 Å². The van der Waals surface area contributed by atoms with Crippen molar-refractivity contribution in [2.75, 3.05) is 0 Å². The number of hydrogen-bond acceptors (Lipinski definition) is 2. The van der Waals surface area contributed by atoms with Crippen LogP contribution in [0.5, 0.6) is 0 Å². The Morgan fingerprint density at radius 1 is 0.742 bits per heavy atom. The van der Waals surface area contributed by atoms with E-state index in [1.807, 2.05) is 0 Å². The van der Waals surface area contributed by atoms with Crippen LogP contribution < -0.4 is 0 Å². The summed E-state index contributed by atoms with van der Waals surface area (Å²) in [5.74, 6) is 3.48. The molecule has 176 valence electrons. The highest BCUT2D eigenvalue weighted by Gasteiger charge is 2.70. The third-order valence-electron chi connectivity index (χ3n) is 13.3. The fourth-order valence-electron chi connectivity index (χ4n) is 11.3. The molecule has 0 heterocycles. The Kier molecular flexibility index (Phi) is 4.71. The van der Waals surface area contributed by atoms with Crippen LogP contribution in [0.15, 0.2) is 12.3 Å². The molecule has 0 saturated heterocycles. The van der Waals surface area contributed by atoms with E-state index in [1.165, 1.54) is 51.4 Å². The summed E-state index contributed by atoms with van der Waals surface area (Å²) < 4.78 is 0. The van der Waals surface area contributed by atoms with Gasteiger partial charge in [0.05, 0.1) is 11.9 Å². The Bertz CT molecular complexity index is 771. The van der Waals surface area contributed by atoms with Gasteiger partial charge in [-0.2, -0.15) is 0 Å². The topological polar surface area (TPSA) is 40.5 Å². The zero-order chi connectivity index (χ0) is 22.6. The standard InChI is InChI=1S/C29H48O2/c1-18(30)19-10-13-26(4)16-17-28(6)20(24(19)26)8-9-22-27(5)14-12-23(31)25(2,3)21(27)11-15-29(22,28)7/h19-24,30-31H,1,8-17H2,2-7H3. The predicted octanol–water partition coefficient (Wildman–Crippen LogP) is 7.52. The maximum Gasteiger partial charge on any atom is 0.0884 e. The summed E-state index contributed by atoms with van der Waals surface area (Å²) in [7, 11) is 0. The minimum Gasteiger partial charge on any atom is -0.513 e. The number of allylic oxidation sites excluding steroid dienone is 1. The van der Waals surface area contributed by atoms with Crippen LogP contribution in [0.25, 0.3) is 0 Å². The van der Waals surface area contributed by atoms with E-state index in [4.69, 9.17) is 0 Å². The molecule has 5 saturated carbocycles. The highest BCUT2D eigenvalue weighted by Crippen LogP contribution is 2.77. The van der Waals surface area contributed by atoms with Gasteiger partial charge in [0.2, 0.25) is 0 Å². The Labute approximate surface area is 191 Å². The summed E-state index contributed by atoms with van der Waals surface area (Å²) in [6.45, 7) is 19.2. The second-order valence-electron chi connectivity index (χ2n) is 14.4. The van der Waals surface area contributed by atoms with Crippen molar-refractivity contribution in [1.82, 2.24) is 0 Å². The van der Waals surface area contributed by atoms with Gasteiger partial charge in [0, 0.05) is 5.92 Å². The van der Waals surface area contributed by atoms with E-state index in [2.05, 4.69) is 48.1 Å². The molecule has 0 spiro atoms. The highest BCUT2D eigenvalue weighted by molar-refractivity contribution is 5.20. The normalized spacial score (nSPS) is 57.9. The molecule has 0 aromatic rings. The van der Waals surface area contributed by atoms with Crippen LogP contribution in [-0.2, 0) is 0 Å². The number of fused-ring (bicyclic) bond motifs is 7. The van der Waals surface area contributed by atoms with Gasteiger partial charge in [-0.1, -0.05) is 48.1 Å². The van der Waals surface area contributed by atoms with Gasteiger partial charge in [0.15, 0.2) is 0 Å². The van der Waals surface area contributed by atoms with Gasteiger partial charge in [0.1, 0.15) is 0 Å². The maximum absolute atomic E-state index is 10.9. The summed E-state index contributed by atoms with van der Waals surface area (Å²) in [6.07, 6.45) is 12.3. The van der Waals surface area contributed by atoms with Gasteiger partial charge in [-0.25, -0.2) is 0 Å². The zero-order valence-electron chi connectivity index (χ0n) is 21.1. The molecule has 0 radical (unpaired) electrons. The number of hydrogen-bond donors (Lipinski definition) is 2. The SMILES string of the molecule is C=C(O)C1CCC2(C)CCC3(C)C(CCC4C5(C)CCC(O)C(C)(C)C5CCC43C)C12. The third kappa shape index (κ3) is 2.61. The minimum absolute atomic E-state index is 0.0302. The second kappa shape index (κ2) is 6.55. The first kappa shape index (κ1) is 22.3. The molecule has 5 fully saturated rings. The van der Waals surface area contributed by atoms with E-state index in [-0.39, 0.29) is 11.5 Å². The Morgan fingerprint density at radius 2 is 1.45 bits per heavy atom. The molecule has 31 heavy (non-hydrogen) atoms. The Balaban J connectivity index is 1.54. The molecule has 2 nitrogen and oxygen atoms in total. The molecular formula is C29H48O2. The minimum atomic E-state index is -0.146. The molecule has 2 heteroatoms. The lowest BCUT2D eigenvalue weighted by Gasteiger charge is -2.72. The van der Waals surface area contributed by atoms with Crippen molar-refractivity contribution in [2.45, 2.75) is 112 Å². The van der Waals surface area contributed by atoms with E-state index in [1.54, 1.807) is 0 Å². The summed E-state index contributed by atoms with van der Waals surface area (Å²) in [4.78, 5) is 0. The van der Waals surface area contributed by atoms with Gasteiger partial charge in [-0.05, 0) is 115 Å². The molecule has 10 atom stereocenters. The lowest BCUT2D eigenvalue weighted by Crippen LogP contribution is -2.66. The molecule has 0 amide bonds. The molecule has 0 aromatic carbocycles. The van der Waals surface area contributed by atoms with Gasteiger partial charge < -0.3 is 10.2 Å². The fraction of sp³-hybridized carbons (Fsp3) is 0.931. The molecule has 2 N–H and O–H groups in total. The quantitative estimate of drug-likeness (QED) is 0.424. The summed E-state index contributed by atoms with van der Waals surface area (Å²) >= 11 is 0.